The van der Waals surface area contributed by atoms with Gasteiger partial charge in [0.2, 0.25) is 11.8 Å². The molecule has 0 saturated carbocycles. The molecule has 0 atom stereocenters. The molecule has 0 N–H and O–H groups in total. The molecule has 0 aliphatic heterocycles. The molecule has 7 nitrogen and oxygen atoms in total. The fraction of sp³-hybridized carbons (Fsp3) is 0.333. The number of nitrogens with zero attached hydrogens (tertiary/aromatic N) is 4. The number of oxime groups is 1. The predicted molar refractivity (Wildman–Crippen MR) is 81.5 cm³/mol. The minimum Gasteiger partial charge on any atom is -0.481 e. The number of pyridine rings is 1. The van der Waals surface area contributed by atoms with Gasteiger partial charge in [0.15, 0.2) is 6.61 Å². The third kappa shape index (κ3) is 4.78. The number of aromatic nitrogens is 3. The Morgan fingerprint density at radius 1 is 1.12 bits per heavy atom. The first-order valence-corrected chi connectivity index (χ1v) is 6.98. The Labute approximate surface area is 141 Å². The number of hydrogen-bond acceptors (Lipinski definition) is 7. The van der Waals surface area contributed by atoms with Gasteiger partial charge in [-0.15, -0.1) is 0 Å². The second-order valence-corrected chi connectivity index (χ2v) is 4.83. The Balaban J connectivity index is 2.12. The lowest BCUT2D eigenvalue weighted by Gasteiger charge is -2.09. The molecule has 0 spiro atoms. The van der Waals surface area contributed by atoms with Crippen LogP contribution in [0, 0.1) is 6.92 Å². The van der Waals surface area contributed by atoms with Gasteiger partial charge in [-0.3, -0.25) is 0 Å². The van der Waals surface area contributed by atoms with E-state index in [9.17, 15) is 13.2 Å². The largest absolute Gasteiger partial charge is 0.481 e. The highest BCUT2D eigenvalue weighted by Crippen LogP contribution is 2.28. The Kier molecular flexibility index (Phi) is 5.73. The van der Waals surface area contributed by atoms with Crippen molar-refractivity contribution >= 4 is 6.21 Å². The van der Waals surface area contributed by atoms with E-state index in [2.05, 4.69) is 20.1 Å². The summed E-state index contributed by atoms with van der Waals surface area (Å²) in [5, 5.41) is 3.63. The normalized spacial score (nSPS) is 11.6. The zero-order valence-electron chi connectivity index (χ0n) is 13.7. The quantitative estimate of drug-likeness (QED) is 0.585. The average molecular weight is 356 g/mol. The Morgan fingerprint density at radius 3 is 2.32 bits per heavy atom. The van der Waals surface area contributed by atoms with Crippen molar-refractivity contribution in [2.75, 3.05) is 14.2 Å². The van der Waals surface area contributed by atoms with Crippen LogP contribution in [0.25, 0.3) is 0 Å². The van der Waals surface area contributed by atoms with Crippen LogP contribution in [0.1, 0.15) is 22.5 Å². The molecule has 25 heavy (non-hydrogen) atoms. The van der Waals surface area contributed by atoms with Gasteiger partial charge in [0.1, 0.15) is 17.6 Å². The maximum Gasteiger partial charge on any atom is 0.433 e. The van der Waals surface area contributed by atoms with Crippen molar-refractivity contribution in [2.45, 2.75) is 19.7 Å². The van der Waals surface area contributed by atoms with Crippen molar-refractivity contribution in [1.29, 1.82) is 0 Å². The lowest BCUT2D eigenvalue weighted by Crippen LogP contribution is -2.10. The van der Waals surface area contributed by atoms with Gasteiger partial charge in [0.05, 0.1) is 26.1 Å². The second-order valence-electron chi connectivity index (χ2n) is 4.83. The number of methoxy groups -OCH3 is 2. The van der Waals surface area contributed by atoms with Crippen molar-refractivity contribution in [3.63, 3.8) is 0 Å². The summed E-state index contributed by atoms with van der Waals surface area (Å²) in [6.45, 7) is 1.44. The van der Waals surface area contributed by atoms with Crippen LogP contribution in [0.15, 0.2) is 23.6 Å². The second kappa shape index (κ2) is 7.77. The van der Waals surface area contributed by atoms with E-state index in [1.807, 2.05) is 0 Å². The summed E-state index contributed by atoms with van der Waals surface area (Å²) in [6.07, 6.45) is -2.18. The molecule has 0 bridgehead atoms. The smallest absolute Gasteiger partial charge is 0.433 e. The van der Waals surface area contributed by atoms with Crippen LogP contribution in [0.3, 0.4) is 0 Å². The van der Waals surface area contributed by atoms with Gasteiger partial charge in [0, 0.05) is 0 Å². The Morgan fingerprint density at radius 2 is 1.76 bits per heavy atom. The topological polar surface area (TPSA) is 78.7 Å². The van der Waals surface area contributed by atoms with E-state index in [4.69, 9.17) is 14.3 Å². The van der Waals surface area contributed by atoms with Crippen LogP contribution in [0.2, 0.25) is 0 Å². The SMILES string of the molecule is COc1ncnc(OC)c1CON=Cc1cc(C)cc(C(F)(F)F)n1. The summed E-state index contributed by atoms with van der Waals surface area (Å²) in [5.41, 5.74) is -0.147. The molecule has 0 aliphatic rings. The summed E-state index contributed by atoms with van der Waals surface area (Å²) >= 11 is 0. The fourth-order valence-electron chi connectivity index (χ4n) is 1.95. The summed E-state index contributed by atoms with van der Waals surface area (Å²) < 4.78 is 48.4. The molecule has 10 heteroatoms. The monoisotopic (exact) mass is 356 g/mol. The van der Waals surface area contributed by atoms with Crippen molar-refractivity contribution in [3.05, 3.63) is 41.0 Å². The molecular formula is C15H15F3N4O3. The van der Waals surface area contributed by atoms with E-state index in [1.165, 1.54) is 33.5 Å². The van der Waals surface area contributed by atoms with Crippen LogP contribution < -0.4 is 9.47 Å². The zero-order valence-corrected chi connectivity index (χ0v) is 13.7. The number of ether oxygens (including phenoxy) is 2. The van der Waals surface area contributed by atoms with Crippen LogP contribution >= 0.6 is 0 Å². The van der Waals surface area contributed by atoms with Crippen molar-refractivity contribution < 1.29 is 27.5 Å². The minimum atomic E-state index is -4.53. The molecule has 0 fully saturated rings. The molecule has 2 aromatic heterocycles. The molecule has 2 rings (SSSR count). The molecule has 0 radical (unpaired) electrons. The standard InChI is InChI=1S/C15H15F3N4O3/c1-9-4-10(22-12(5-9)15(16,17)18)6-21-25-7-11-13(23-2)19-8-20-14(11)24-3/h4-6,8H,7H2,1-3H3. The van der Waals surface area contributed by atoms with E-state index < -0.39 is 11.9 Å². The number of aryl methyl sites for hydroxylation is 1. The third-order valence-corrected chi connectivity index (χ3v) is 3.00. The molecular weight excluding hydrogens is 341 g/mol. The number of rotatable bonds is 6. The molecule has 0 amide bonds. The van der Waals surface area contributed by atoms with Gasteiger partial charge in [-0.2, -0.15) is 13.2 Å². The molecule has 2 aromatic rings. The van der Waals surface area contributed by atoms with E-state index in [0.29, 0.717) is 11.1 Å². The predicted octanol–water partition coefficient (Wildman–Crippen LogP) is 2.77. The molecule has 0 unspecified atom stereocenters. The van der Waals surface area contributed by atoms with Gasteiger partial charge in [-0.1, -0.05) is 5.16 Å². The first kappa shape index (κ1) is 18.4. The first-order valence-electron chi connectivity index (χ1n) is 6.98. The summed E-state index contributed by atoms with van der Waals surface area (Å²) in [6, 6.07) is 2.41. The number of hydrogen-bond donors (Lipinski definition) is 0. The fourth-order valence-corrected chi connectivity index (χ4v) is 1.95. The highest BCUT2D eigenvalue weighted by Gasteiger charge is 2.32. The minimum absolute atomic E-state index is 0.0237. The zero-order chi connectivity index (χ0) is 18.4. The van der Waals surface area contributed by atoms with Crippen LogP contribution in [-0.2, 0) is 17.6 Å². The molecule has 0 saturated heterocycles. The first-order chi connectivity index (χ1) is 11.8. The molecule has 2 heterocycles. The van der Waals surface area contributed by atoms with Gasteiger partial charge in [-0.25, -0.2) is 15.0 Å². The van der Waals surface area contributed by atoms with Crippen molar-refractivity contribution in [2.24, 2.45) is 5.16 Å². The average Bonchev–Trinajstić information content (AvgIpc) is 2.57. The highest BCUT2D eigenvalue weighted by molar-refractivity contribution is 5.76. The summed E-state index contributed by atoms with van der Waals surface area (Å²) in [7, 11) is 2.84. The molecule has 134 valence electrons. The van der Waals surface area contributed by atoms with E-state index >= 15 is 0 Å². The van der Waals surface area contributed by atoms with Gasteiger partial charge in [-0.05, 0) is 24.6 Å². The lowest BCUT2D eigenvalue weighted by molar-refractivity contribution is -0.141. The summed E-state index contributed by atoms with van der Waals surface area (Å²) in [4.78, 5) is 16.4. The summed E-state index contributed by atoms with van der Waals surface area (Å²) in [5.74, 6) is 0.491. The maximum absolute atomic E-state index is 12.7. The number of alkyl halides is 3. The van der Waals surface area contributed by atoms with Crippen LogP contribution in [0.5, 0.6) is 11.8 Å². The van der Waals surface area contributed by atoms with Crippen molar-refractivity contribution in [3.8, 4) is 11.8 Å². The molecule has 0 aromatic carbocycles. The highest BCUT2D eigenvalue weighted by atomic mass is 19.4. The Hall–Kier alpha value is -2.91. The van der Waals surface area contributed by atoms with Crippen LogP contribution in [0.4, 0.5) is 13.2 Å². The van der Waals surface area contributed by atoms with Gasteiger partial charge < -0.3 is 14.3 Å². The number of halogens is 3. The van der Waals surface area contributed by atoms with Gasteiger partial charge >= 0.3 is 6.18 Å². The van der Waals surface area contributed by atoms with Crippen LogP contribution in [-0.4, -0.2) is 35.4 Å². The van der Waals surface area contributed by atoms with E-state index in [1.54, 1.807) is 0 Å². The van der Waals surface area contributed by atoms with E-state index in [-0.39, 0.29) is 24.1 Å². The van der Waals surface area contributed by atoms with Crippen molar-refractivity contribution in [1.82, 2.24) is 15.0 Å². The maximum atomic E-state index is 12.7. The van der Waals surface area contributed by atoms with Gasteiger partial charge in [0.25, 0.3) is 0 Å². The molecule has 0 aliphatic carbocycles. The third-order valence-electron chi connectivity index (χ3n) is 3.00. The lowest BCUT2D eigenvalue weighted by atomic mass is 10.2. The van der Waals surface area contributed by atoms with E-state index in [0.717, 1.165) is 12.3 Å². The Bertz CT molecular complexity index is 744.